The van der Waals surface area contributed by atoms with Gasteiger partial charge in [-0.2, -0.15) is 0 Å². The van der Waals surface area contributed by atoms with Gasteiger partial charge in [0.2, 0.25) is 16.9 Å². The topological polar surface area (TPSA) is 105 Å². The number of thioether (sulfide) groups is 1. The van der Waals surface area contributed by atoms with Gasteiger partial charge in [-0.3, -0.25) is 9.59 Å². The third-order valence-electron chi connectivity index (χ3n) is 2.74. The monoisotopic (exact) mass is 367 g/mol. The molecule has 0 fully saturated rings. The number of carbonyl (C=O) groups is 2. The molecular formula is C14H17N5O3S2. The van der Waals surface area contributed by atoms with E-state index in [0.717, 1.165) is 0 Å². The van der Waals surface area contributed by atoms with Crippen LogP contribution < -0.4 is 20.7 Å². The van der Waals surface area contributed by atoms with E-state index in [4.69, 9.17) is 4.74 Å². The Morgan fingerprint density at radius 1 is 1.29 bits per heavy atom. The van der Waals surface area contributed by atoms with Gasteiger partial charge in [-0.15, -0.1) is 10.2 Å². The Morgan fingerprint density at radius 3 is 2.71 bits per heavy atom. The van der Waals surface area contributed by atoms with Crippen molar-refractivity contribution in [1.29, 1.82) is 0 Å². The first kappa shape index (κ1) is 18.0. The largest absolute Gasteiger partial charge is 0.495 e. The van der Waals surface area contributed by atoms with Crippen LogP contribution in [0.3, 0.4) is 0 Å². The zero-order valence-electron chi connectivity index (χ0n) is 13.4. The van der Waals surface area contributed by atoms with Crippen LogP contribution in [-0.2, 0) is 9.59 Å². The summed E-state index contributed by atoms with van der Waals surface area (Å²) in [7, 11) is 3.27. The smallest absolute Gasteiger partial charge is 0.234 e. The minimum atomic E-state index is -0.209. The van der Waals surface area contributed by atoms with E-state index in [2.05, 4.69) is 26.1 Å². The standard InChI is InChI=1S/C14H17N5O3S2/c1-8(20)16-9-4-5-11(22-3)10(6-9)17-12(21)7-23-14-19-18-13(15-2)24-14/h4-6H,7H2,1-3H3,(H,15,18)(H,16,20)(H,17,21). The first-order chi connectivity index (χ1) is 11.5. The van der Waals surface area contributed by atoms with Crippen molar-refractivity contribution in [2.24, 2.45) is 0 Å². The first-order valence-electron chi connectivity index (χ1n) is 6.91. The number of hydrogen-bond donors (Lipinski definition) is 3. The maximum atomic E-state index is 12.1. The van der Waals surface area contributed by atoms with E-state index < -0.39 is 0 Å². The molecule has 0 radical (unpaired) electrons. The van der Waals surface area contributed by atoms with E-state index in [1.165, 1.54) is 37.1 Å². The second-order valence-electron chi connectivity index (χ2n) is 4.56. The summed E-state index contributed by atoms with van der Waals surface area (Å²) in [6.45, 7) is 1.42. The summed E-state index contributed by atoms with van der Waals surface area (Å²) in [4.78, 5) is 23.3. The van der Waals surface area contributed by atoms with Crippen LogP contribution >= 0.6 is 23.1 Å². The third-order valence-corrected chi connectivity index (χ3v) is 4.82. The Balaban J connectivity index is 2.00. The van der Waals surface area contributed by atoms with Crippen molar-refractivity contribution in [1.82, 2.24) is 10.2 Å². The van der Waals surface area contributed by atoms with Crippen molar-refractivity contribution in [2.45, 2.75) is 11.3 Å². The summed E-state index contributed by atoms with van der Waals surface area (Å²) in [6.07, 6.45) is 0. The van der Waals surface area contributed by atoms with Crippen LogP contribution in [0, 0.1) is 0 Å². The molecule has 2 rings (SSSR count). The van der Waals surface area contributed by atoms with Crippen molar-refractivity contribution in [3.8, 4) is 5.75 Å². The normalized spacial score (nSPS) is 10.1. The number of ether oxygens (including phenoxy) is 1. The molecule has 0 atom stereocenters. The molecule has 0 unspecified atom stereocenters. The summed E-state index contributed by atoms with van der Waals surface area (Å²) in [5.74, 6) is 0.297. The molecule has 0 saturated heterocycles. The van der Waals surface area contributed by atoms with Crippen molar-refractivity contribution in [2.75, 3.05) is 35.9 Å². The van der Waals surface area contributed by atoms with Crippen LogP contribution in [-0.4, -0.2) is 41.9 Å². The van der Waals surface area contributed by atoms with Crippen molar-refractivity contribution >= 4 is 51.4 Å². The highest BCUT2D eigenvalue weighted by Gasteiger charge is 2.11. The molecule has 128 valence electrons. The highest BCUT2D eigenvalue weighted by molar-refractivity contribution is 8.01. The predicted molar refractivity (Wildman–Crippen MR) is 96.1 cm³/mol. The molecule has 1 heterocycles. The highest BCUT2D eigenvalue weighted by Crippen LogP contribution is 2.29. The van der Waals surface area contributed by atoms with Gasteiger partial charge in [-0.1, -0.05) is 23.1 Å². The Labute approximate surface area is 147 Å². The Morgan fingerprint density at radius 2 is 2.08 bits per heavy atom. The molecule has 2 aromatic rings. The molecule has 24 heavy (non-hydrogen) atoms. The average Bonchev–Trinajstić information content (AvgIpc) is 3.01. The Kier molecular flexibility index (Phi) is 6.38. The van der Waals surface area contributed by atoms with Gasteiger partial charge in [-0.05, 0) is 18.2 Å². The van der Waals surface area contributed by atoms with Gasteiger partial charge in [-0.25, -0.2) is 0 Å². The quantitative estimate of drug-likeness (QED) is 0.645. The van der Waals surface area contributed by atoms with Crippen LogP contribution in [0.25, 0.3) is 0 Å². The van der Waals surface area contributed by atoms with Gasteiger partial charge in [0.15, 0.2) is 4.34 Å². The number of rotatable bonds is 7. The van der Waals surface area contributed by atoms with Gasteiger partial charge in [0, 0.05) is 19.7 Å². The summed E-state index contributed by atoms with van der Waals surface area (Å²) in [6, 6.07) is 5.02. The van der Waals surface area contributed by atoms with E-state index in [9.17, 15) is 9.59 Å². The molecule has 3 N–H and O–H groups in total. The average molecular weight is 367 g/mol. The second kappa shape index (κ2) is 8.50. The Bertz CT molecular complexity index is 735. The zero-order chi connectivity index (χ0) is 17.5. The number of nitrogens with one attached hydrogen (secondary N) is 3. The van der Waals surface area contributed by atoms with Crippen molar-refractivity contribution in [3.63, 3.8) is 0 Å². The molecule has 8 nitrogen and oxygen atoms in total. The minimum Gasteiger partial charge on any atom is -0.495 e. The number of nitrogens with zero attached hydrogens (tertiary/aromatic N) is 2. The molecule has 10 heteroatoms. The molecule has 0 aliphatic heterocycles. The maximum Gasteiger partial charge on any atom is 0.234 e. The lowest BCUT2D eigenvalue weighted by Gasteiger charge is -2.12. The molecule has 1 aromatic heterocycles. The summed E-state index contributed by atoms with van der Waals surface area (Å²) in [5, 5.41) is 16.9. The summed E-state index contributed by atoms with van der Waals surface area (Å²) >= 11 is 2.67. The second-order valence-corrected chi connectivity index (χ2v) is 6.76. The number of aromatic nitrogens is 2. The van der Waals surface area contributed by atoms with Gasteiger partial charge in [0.05, 0.1) is 18.6 Å². The zero-order valence-corrected chi connectivity index (χ0v) is 15.0. The van der Waals surface area contributed by atoms with Crippen molar-refractivity contribution in [3.05, 3.63) is 18.2 Å². The van der Waals surface area contributed by atoms with Crippen LogP contribution in [0.4, 0.5) is 16.5 Å². The lowest BCUT2D eigenvalue weighted by atomic mass is 10.2. The SMILES string of the molecule is CNc1nnc(SCC(=O)Nc2cc(NC(C)=O)ccc2OC)s1. The Hall–Kier alpha value is -2.33. The van der Waals surface area contributed by atoms with Crippen LogP contribution in [0.5, 0.6) is 5.75 Å². The summed E-state index contributed by atoms with van der Waals surface area (Å²) in [5.41, 5.74) is 1.07. The van der Waals surface area contributed by atoms with Crippen LogP contribution in [0.2, 0.25) is 0 Å². The number of methoxy groups -OCH3 is 1. The van der Waals surface area contributed by atoms with Gasteiger partial charge >= 0.3 is 0 Å². The molecule has 1 aromatic carbocycles. The number of hydrogen-bond acceptors (Lipinski definition) is 8. The number of benzene rings is 1. The fourth-order valence-electron chi connectivity index (χ4n) is 1.77. The molecular weight excluding hydrogens is 350 g/mol. The lowest BCUT2D eigenvalue weighted by Crippen LogP contribution is -2.15. The molecule has 0 aliphatic carbocycles. The fraction of sp³-hybridized carbons (Fsp3) is 0.286. The molecule has 0 aliphatic rings. The lowest BCUT2D eigenvalue weighted by molar-refractivity contribution is -0.114. The van der Waals surface area contributed by atoms with Crippen LogP contribution in [0.15, 0.2) is 22.5 Å². The van der Waals surface area contributed by atoms with Gasteiger partial charge in [0.25, 0.3) is 0 Å². The molecule has 0 saturated carbocycles. The highest BCUT2D eigenvalue weighted by atomic mass is 32.2. The predicted octanol–water partition coefficient (Wildman–Crippen LogP) is 2.28. The van der Waals surface area contributed by atoms with E-state index >= 15 is 0 Å². The minimum absolute atomic E-state index is 0.186. The number of amides is 2. The maximum absolute atomic E-state index is 12.1. The first-order valence-corrected chi connectivity index (χ1v) is 8.71. The molecule has 0 bridgehead atoms. The van der Waals surface area contributed by atoms with Crippen LogP contribution in [0.1, 0.15) is 6.92 Å². The fourth-order valence-corrected chi connectivity index (χ4v) is 3.27. The van der Waals surface area contributed by atoms with Gasteiger partial charge in [0.1, 0.15) is 5.75 Å². The third kappa shape index (κ3) is 5.10. The van der Waals surface area contributed by atoms with E-state index in [0.29, 0.717) is 26.6 Å². The van der Waals surface area contributed by atoms with E-state index in [1.54, 1.807) is 25.2 Å². The van der Waals surface area contributed by atoms with E-state index in [1.807, 2.05) is 0 Å². The summed E-state index contributed by atoms with van der Waals surface area (Å²) < 4.78 is 5.93. The number of anilines is 3. The van der Waals surface area contributed by atoms with Gasteiger partial charge < -0.3 is 20.7 Å². The van der Waals surface area contributed by atoms with Crippen molar-refractivity contribution < 1.29 is 14.3 Å². The van der Waals surface area contributed by atoms with E-state index in [-0.39, 0.29) is 17.6 Å². The number of carbonyl (C=O) groups excluding carboxylic acids is 2. The molecule has 0 spiro atoms. The molecule has 2 amide bonds.